The lowest BCUT2D eigenvalue weighted by Crippen LogP contribution is -2.44. The van der Waals surface area contributed by atoms with Crippen LogP contribution in [0.1, 0.15) is 31.1 Å². The minimum atomic E-state index is -1.14. The van der Waals surface area contributed by atoms with Crippen LogP contribution in [0.2, 0.25) is 0 Å². The second-order valence-electron chi connectivity index (χ2n) is 6.82. The first kappa shape index (κ1) is 23.0. The summed E-state index contributed by atoms with van der Waals surface area (Å²) in [5, 5.41) is 21.6. The van der Waals surface area contributed by atoms with Gasteiger partial charge in [-0.3, -0.25) is 0 Å². The molecule has 7 nitrogen and oxygen atoms in total. The van der Waals surface area contributed by atoms with Crippen LogP contribution in [0.5, 0.6) is 0 Å². The van der Waals surface area contributed by atoms with Gasteiger partial charge in [-0.05, 0) is 51.1 Å². The third kappa shape index (κ3) is 6.33. The Hall–Kier alpha value is -2.33. The van der Waals surface area contributed by atoms with E-state index in [9.17, 15) is 5.11 Å². The number of halogens is 1. The Balaban J connectivity index is 0.00000300. The van der Waals surface area contributed by atoms with E-state index in [2.05, 4.69) is 20.7 Å². The van der Waals surface area contributed by atoms with E-state index < -0.39 is 5.60 Å². The first-order valence-electron chi connectivity index (χ1n) is 9.39. The molecule has 0 radical (unpaired) electrons. The summed E-state index contributed by atoms with van der Waals surface area (Å²) >= 11 is 0. The first-order valence-corrected chi connectivity index (χ1v) is 9.39. The molecule has 0 bridgehead atoms. The lowest BCUT2D eigenvalue weighted by molar-refractivity contribution is 0.0378. The number of aryl methyl sites for hydroxylation is 1. The quantitative estimate of drug-likeness (QED) is 0.258. The van der Waals surface area contributed by atoms with Crippen molar-refractivity contribution in [3.63, 3.8) is 0 Å². The molecule has 156 valence electrons. The number of aromatic nitrogens is 2. The van der Waals surface area contributed by atoms with Gasteiger partial charge in [-0.2, -0.15) is 5.10 Å². The molecular formula is C21H28IN5O2. The van der Waals surface area contributed by atoms with Crippen molar-refractivity contribution in [1.82, 2.24) is 20.4 Å². The van der Waals surface area contributed by atoms with E-state index >= 15 is 0 Å². The third-order valence-electron chi connectivity index (χ3n) is 4.28. The summed E-state index contributed by atoms with van der Waals surface area (Å²) in [6.07, 6.45) is 1.92. The van der Waals surface area contributed by atoms with Gasteiger partial charge in [-0.1, -0.05) is 18.2 Å². The molecule has 0 fully saturated rings. The molecule has 3 aromatic rings. The van der Waals surface area contributed by atoms with Crippen molar-refractivity contribution in [3.05, 3.63) is 71.9 Å². The van der Waals surface area contributed by atoms with Crippen molar-refractivity contribution in [3.8, 4) is 5.69 Å². The molecule has 0 aliphatic carbocycles. The van der Waals surface area contributed by atoms with E-state index in [0.717, 1.165) is 17.1 Å². The Bertz CT molecular complexity index is 918. The molecule has 2 aromatic heterocycles. The zero-order chi connectivity index (χ0) is 20.0. The fourth-order valence-electron chi connectivity index (χ4n) is 2.74. The zero-order valence-corrected chi connectivity index (χ0v) is 19.3. The van der Waals surface area contributed by atoms with Gasteiger partial charge in [0.15, 0.2) is 5.96 Å². The number of nitrogens with one attached hydrogen (secondary N) is 2. The van der Waals surface area contributed by atoms with Crippen LogP contribution in [0.15, 0.2) is 64.1 Å². The molecule has 0 amide bonds. The van der Waals surface area contributed by atoms with Crippen molar-refractivity contribution in [2.24, 2.45) is 4.99 Å². The summed E-state index contributed by atoms with van der Waals surface area (Å²) in [6.45, 7) is 6.97. The van der Waals surface area contributed by atoms with Gasteiger partial charge in [0.2, 0.25) is 0 Å². The number of hydrogen-bond donors (Lipinski definition) is 3. The first-order chi connectivity index (χ1) is 13.5. The van der Waals surface area contributed by atoms with Crippen molar-refractivity contribution >= 4 is 29.9 Å². The highest BCUT2D eigenvalue weighted by atomic mass is 127. The molecule has 1 unspecified atom stereocenters. The average Bonchev–Trinajstić information content (AvgIpc) is 3.34. The second kappa shape index (κ2) is 10.4. The SMILES string of the molecule is CCNC(=NCc1ccn(-c2ccccc2)n1)NCC(C)(O)c1ccc(C)o1.I. The van der Waals surface area contributed by atoms with Gasteiger partial charge in [0.25, 0.3) is 0 Å². The smallest absolute Gasteiger partial charge is 0.191 e. The summed E-state index contributed by atoms with van der Waals surface area (Å²) in [5.74, 6) is 1.90. The number of benzene rings is 1. The molecule has 0 aliphatic rings. The Labute approximate surface area is 188 Å². The molecule has 1 aromatic carbocycles. The highest BCUT2D eigenvalue weighted by Gasteiger charge is 2.27. The van der Waals surface area contributed by atoms with Crippen molar-refractivity contribution in [1.29, 1.82) is 0 Å². The van der Waals surface area contributed by atoms with Gasteiger partial charge >= 0.3 is 0 Å². The van der Waals surface area contributed by atoms with Gasteiger partial charge in [0.1, 0.15) is 17.1 Å². The number of para-hydroxylation sites is 1. The van der Waals surface area contributed by atoms with E-state index in [1.807, 2.05) is 67.2 Å². The van der Waals surface area contributed by atoms with Gasteiger partial charge in [0.05, 0.1) is 24.5 Å². The monoisotopic (exact) mass is 509 g/mol. The van der Waals surface area contributed by atoms with Crippen LogP contribution < -0.4 is 10.6 Å². The number of nitrogens with zero attached hydrogens (tertiary/aromatic N) is 3. The van der Waals surface area contributed by atoms with Crippen LogP contribution in [-0.4, -0.2) is 33.9 Å². The number of aliphatic hydroxyl groups is 1. The molecule has 0 saturated carbocycles. The topological polar surface area (TPSA) is 87.6 Å². The maximum Gasteiger partial charge on any atom is 0.191 e. The summed E-state index contributed by atoms with van der Waals surface area (Å²) < 4.78 is 7.38. The molecule has 2 heterocycles. The van der Waals surface area contributed by atoms with E-state index in [1.54, 1.807) is 13.0 Å². The summed E-state index contributed by atoms with van der Waals surface area (Å²) in [5.41, 5.74) is 0.723. The molecule has 0 spiro atoms. The lowest BCUT2D eigenvalue weighted by Gasteiger charge is -2.22. The Morgan fingerprint density at radius 2 is 1.93 bits per heavy atom. The Kier molecular flexibility index (Phi) is 8.27. The maximum atomic E-state index is 10.7. The molecular weight excluding hydrogens is 481 g/mol. The predicted octanol–water partition coefficient (Wildman–Crippen LogP) is 3.35. The van der Waals surface area contributed by atoms with Crippen LogP contribution in [0.4, 0.5) is 0 Å². The molecule has 3 N–H and O–H groups in total. The van der Waals surface area contributed by atoms with Crippen LogP contribution in [0.3, 0.4) is 0 Å². The number of hydrogen-bond acceptors (Lipinski definition) is 4. The van der Waals surface area contributed by atoms with E-state index in [4.69, 9.17) is 4.42 Å². The highest BCUT2D eigenvalue weighted by Crippen LogP contribution is 2.21. The minimum Gasteiger partial charge on any atom is -0.463 e. The van der Waals surface area contributed by atoms with Gasteiger partial charge in [-0.25, -0.2) is 9.67 Å². The van der Waals surface area contributed by atoms with Crippen LogP contribution in [0.25, 0.3) is 5.69 Å². The lowest BCUT2D eigenvalue weighted by atomic mass is 10.0. The predicted molar refractivity (Wildman–Crippen MR) is 125 cm³/mol. The van der Waals surface area contributed by atoms with Gasteiger partial charge in [-0.15, -0.1) is 24.0 Å². The normalized spacial score (nSPS) is 13.4. The summed E-state index contributed by atoms with van der Waals surface area (Å²) in [7, 11) is 0. The standard InChI is InChI=1S/C21H27N5O2.HI/c1-4-22-20(24-15-21(3,27)19-11-10-16(2)28-19)23-14-17-12-13-26(25-17)18-8-6-5-7-9-18;/h5-13,27H,4,14-15H2,1-3H3,(H2,22,23,24);1H. The molecule has 8 heteroatoms. The van der Waals surface area contributed by atoms with Crippen LogP contribution in [-0.2, 0) is 12.1 Å². The largest absolute Gasteiger partial charge is 0.463 e. The van der Waals surface area contributed by atoms with Crippen LogP contribution >= 0.6 is 24.0 Å². The van der Waals surface area contributed by atoms with Gasteiger partial charge < -0.3 is 20.2 Å². The number of aliphatic imine (C=N–C) groups is 1. The fraction of sp³-hybridized carbons (Fsp3) is 0.333. The number of guanidine groups is 1. The fourth-order valence-corrected chi connectivity index (χ4v) is 2.74. The molecule has 0 aliphatic heterocycles. The highest BCUT2D eigenvalue weighted by molar-refractivity contribution is 14.0. The van der Waals surface area contributed by atoms with Crippen molar-refractivity contribution in [2.75, 3.05) is 13.1 Å². The van der Waals surface area contributed by atoms with Crippen molar-refractivity contribution < 1.29 is 9.52 Å². The number of rotatable bonds is 7. The Morgan fingerprint density at radius 3 is 2.59 bits per heavy atom. The minimum absolute atomic E-state index is 0. The maximum absolute atomic E-state index is 10.7. The van der Waals surface area contributed by atoms with E-state index in [-0.39, 0.29) is 30.5 Å². The summed E-state index contributed by atoms with van der Waals surface area (Å²) in [6, 6.07) is 15.5. The van der Waals surface area contributed by atoms with Crippen molar-refractivity contribution in [2.45, 2.75) is 32.9 Å². The van der Waals surface area contributed by atoms with E-state index in [0.29, 0.717) is 24.8 Å². The molecule has 0 saturated heterocycles. The molecule has 29 heavy (non-hydrogen) atoms. The van der Waals surface area contributed by atoms with Crippen LogP contribution in [0, 0.1) is 6.92 Å². The number of furan rings is 1. The Morgan fingerprint density at radius 1 is 1.17 bits per heavy atom. The van der Waals surface area contributed by atoms with E-state index in [1.165, 1.54) is 0 Å². The third-order valence-corrected chi connectivity index (χ3v) is 4.28. The molecule has 1 atom stereocenters. The average molecular weight is 509 g/mol. The second-order valence-corrected chi connectivity index (χ2v) is 6.82. The zero-order valence-electron chi connectivity index (χ0n) is 16.9. The summed E-state index contributed by atoms with van der Waals surface area (Å²) in [4.78, 5) is 4.57. The van der Waals surface area contributed by atoms with Gasteiger partial charge in [0, 0.05) is 12.7 Å². The molecule has 3 rings (SSSR count).